The van der Waals surface area contributed by atoms with Gasteiger partial charge in [-0.25, -0.2) is 4.39 Å². The monoisotopic (exact) mass is 337 g/mol. The first kappa shape index (κ1) is 17.2. The van der Waals surface area contributed by atoms with Crippen molar-refractivity contribution in [2.75, 3.05) is 7.11 Å². The molecule has 0 fully saturated rings. The van der Waals surface area contributed by atoms with E-state index in [0.29, 0.717) is 10.6 Å². The van der Waals surface area contributed by atoms with E-state index in [1.54, 1.807) is 31.2 Å². The number of carbonyl (C=O) groups is 1. The molecule has 1 amide bonds. The molecule has 0 aliphatic heterocycles. The molecule has 122 valence electrons. The molecule has 0 aliphatic rings. The molecule has 0 heterocycles. The van der Waals surface area contributed by atoms with E-state index in [0.717, 1.165) is 6.07 Å². The van der Waals surface area contributed by atoms with E-state index in [1.165, 1.54) is 19.2 Å². The van der Waals surface area contributed by atoms with Gasteiger partial charge in [-0.2, -0.15) is 0 Å². The lowest BCUT2D eigenvalue weighted by Crippen LogP contribution is -2.37. The molecule has 4 nitrogen and oxygen atoms in total. The van der Waals surface area contributed by atoms with Crippen LogP contribution in [-0.2, 0) is 0 Å². The van der Waals surface area contributed by atoms with E-state index < -0.39 is 23.9 Å². The maximum Gasteiger partial charge on any atom is 0.251 e. The smallest absolute Gasteiger partial charge is 0.251 e. The molecule has 6 heteroatoms. The Morgan fingerprint density at radius 1 is 1.26 bits per heavy atom. The SMILES string of the molecule is COc1cc(C(=O)NC(C)C(O)c2ccc(Cl)cc2)ccc1F. The van der Waals surface area contributed by atoms with Crippen molar-refractivity contribution in [2.24, 2.45) is 0 Å². The number of rotatable bonds is 5. The average Bonchev–Trinajstić information content (AvgIpc) is 2.55. The molecule has 0 saturated heterocycles. The molecule has 2 aromatic carbocycles. The Hall–Kier alpha value is -2.11. The molecule has 0 aliphatic carbocycles. The van der Waals surface area contributed by atoms with Gasteiger partial charge in [0.05, 0.1) is 19.3 Å². The summed E-state index contributed by atoms with van der Waals surface area (Å²) in [5.74, 6) is -0.981. The van der Waals surface area contributed by atoms with Crippen molar-refractivity contribution in [1.29, 1.82) is 0 Å². The van der Waals surface area contributed by atoms with E-state index >= 15 is 0 Å². The zero-order valence-corrected chi connectivity index (χ0v) is 13.5. The number of methoxy groups -OCH3 is 1. The van der Waals surface area contributed by atoms with Crippen LogP contribution in [0.15, 0.2) is 42.5 Å². The maximum atomic E-state index is 13.4. The first-order valence-electron chi connectivity index (χ1n) is 7.00. The third-order valence-corrected chi connectivity index (χ3v) is 3.71. The highest BCUT2D eigenvalue weighted by Crippen LogP contribution is 2.21. The van der Waals surface area contributed by atoms with Crippen molar-refractivity contribution in [3.8, 4) is 5.75 Å². The van der Waals surface area contributed by atoms with Crippen LogP contribution in [0.2, 0.25) is 5.02 Å². The lowest BCUT2D eigenvalue weighted by molar-refractivity contribution is 0.0851. The maximum absolute atomic E-state index is 13.4. The van der Waals surface area contributed by atoms with Crippen LogP contribution in [0, 0.1) is 5.82 Å². The molecule has 0 aromatic heterocycles. The minimum atomic E-state index is -0.890. The van der Waals surface area contributed by atoms with Gasteiger partial charge in [0.15, 0.2) is 11.6 Å². The van der Waals surface area contributed by atoms with Crippen LogP contribution < -0.4 is 10.1 Å². The number of aliphatic hydroxyl groups is 1. The van der Waals surface area contributed by atoms with Crippen molar-refractivity contribution in [2.45, 2.75) is 19.1 Å². The van der Waals surface area contributed by atoms with Crippen molar-refractivity contribution in [3.63, 3.8) is 0 Å². The van der Waals surface area contributed by atoms with Crippen molar-refractivity contribution >= 4 is 17.5 Å². The van der Waals surface area contributed by atoms with E-state index in [4.69, 9.17) is 16.3 Å². The molecule has 2 N–H and O–H groups in total. The minimum absolute atomic E-state index is 0.0106. The van der Waals surface area contributed by atoms with Gasteiger partial charge in [0.25, 0.3) is 5.91 Å². The van der Waals surface area contributed by atoms with Crippen molar-refractivity contribution in [1.82, 2.24) is 5.32 Å². The Morgan fingerprint density at radius 3 is 2.52 bits per heavy atom. The fraction of sp³-hybridized carbons (Fsp3) is 0.235. The second-order valence-electron chi connectivity index (χ2n) is 5.11. The number of amides is 1. The zero-order valence-electron chi connectivity index (χ0n) is 12.7. The second-order valence-corrected chi connectivity index (χ2v) is 5.54. The predicted molar refractivity (Wildman–Crippen MR) is 86.3 cm³/mol. The molecule has 23 heavy (non-hydrogen) atoms. The van der Waals surface area contributed by atoms with E-state index in [1.807, 2.05) is 0 Å². The lowest BCUT2D eigenvalue weighted by Gasteiger charge is -2.21. The number of ether oxygens (including phenoxy) is 1. The van der Waals surface area contributed by atoms with E-state index in [2.05, 4.69) is 5.32 Å². The van der Waals surface area contributed by atoms with Gasteiger partial charge in [-0.1, -0.05) is 23.7 Å². The molecule has 2 rings (SSSR count). The summed E-state index contributed by atoms with van der Waals surface area (Å²) in [4.78, 5) is 12.2. The van der Waals surface area contributed by atoms with Gasteiger partial charge in [0, 0.05) is 10.6 Å². The van der Waals surface area contributed by atoms with Crippen molar-refractivity contribution < 1.29 is 19.0 Å². The molecule has 2 atom stereocenters. The van der Waals surface area contributed by atoms with Crippen LogP contribution in [0.1, 0.15) is 28.9 Å². The summed E-state index contributed by atoms with van der Waals surface area (Å²) < 4.78 is 18.2. The summed E-state index contributed by atoms with van der Waals surface area (Å²) >= 11 is 5.81. The molecule has 2 aromatic rings. The number of nitrogens with one attached hydrogen (secondary N) is 1. The van der Waals surface area contributed by atoms with Crippen LogP contribution in [0.5, 0.6) is 5.75 Å². The lowest BCUT2D eigenvalue weighted by atomic mass is 10.0. The topological polar surface area (TPSA) is 58.6 Å². The Morgan fingerprint density at radius 2 is 1.91 bits per heavy atom. The third kappa shape index (κ3) is 4.21. The van der Waals surface area contributed by atoms with Crippen LogP contribution in [-0.4, -0.2) is 24.2 Å². The van der Waals surface area contributed by atoms with Crippen LogP contribution in [0.3, 0.4) is 0 Å². The standard InChI is InChI=1S/C17H17ClFNO3/c1-10(16(21)11-3-6-13(18)7-4-11)20-17(22)12-5-8-14(19)15(9-12)23-2/h3-10,16,21H,1-2H3,(H,20,22). The fourth-order valence-corrected chi connectivity index (χ4v) is 2.24. The van der Waals surface area contributed by atoms with Crippen LogP contribution in [0.4, 0.5) is 4.39 Å². The Labute approximate surface area is 138 Å². The molecule has 0 radical (unpaired) electrons. The van der Waals surface area contributed by atoms with E-state index in [9.17, 15) is 14.3 Å². The van der Waals surface area contributed by atoms with Gasteiger partial charge in [0.2, 0.25) is 0 Å². The molecular weight excluding hydrogens is 321 g/mol. The van der Waals surface area contributed by atoms with Gasteiger partial charge in [-0.05, 0) is 42.8 Å². The van der Waals surface area contributed by atoms with Crippen LogP contribution in [0.25, 0.3) is 0 Å². The summed E-state index contributed by atoms with van der Waals surface area (Å²) in [6.45, 7) is 1.68. The van der Waals surface area contributed by atoms with Gasteiger partial charge < -0.3 is 15.2 Å². The fourth-order valence-electron chi connectivity index (χ4n) is 2.12. The number of hydrogen-bond donors (Lipinski definition) is 2. The number of halogens is 2. The number of benzene rings is 2. The molecular formula is C17H17ClFNO3. The van der Waals surface area contributed by atoms with Crippen molar-refractivity contribution in [3.05, 3.63) is 64.4 Å². The van der Waals surface area contributed by atoms with Gasteiger partial charge in [-0.3, -0.25) is 4.79 Å². The van der Waals surface area contributed by atoms with E-state index in [-0.39, 0.29) is 11.3 Å². The first-order valence-corrected chi connectivity index (χ1v) is 7.38. The number of hydrogen-bond acceptors (Lipinski definition) is 3. The van der Waals surface area contributed by atoms with Gasteiger partial charge in [0.1, 0.15) is 0 Å². The Bertz CT molecular complexity index is 691. The quantitative estimate of drug-likeness (QED) is 0.879. The molecule has 0 saturated carbocycles. The summed E-state index contributed by atoms with van der Waals surface area (Å²) in [5.41, 5.74) is 0.886. The molecule has 0 bridgehead atoms. The molecule has 2 unspecified atom stereocenters. The van der Waals surface area contributed by atoms with Gasteiger partial charge in [-0.15, -0.1) is 0 Å². The summed E-state index contributed by atoms with van der Waals surface area (Å²) in [5, 5.41) is 13.5. The highest BCUT2D eigenvalue weighted by molar-refractivity contribution is 6.30. The highest BCUT2D eigenvalue weighted by atomic mass is 35.5. The number of carbonyl (C=O) groups excluding carboxylic acids is 1. The second kappa shape index (κ2) is 7.44. The minimum Gasteiger partial charge on any atom is -0.494 e. The van der Waals surface area contributed by atoms with Crippen LogP contribution >= 0.6 is 11.6 Å². The zero-order chi connectivity index (χ0) is 17.0. The summed E-state index contributed by atoms with van der Waals surface area (Å²) in [7, 11) is 1.33. The number of aliphatic hydroxyl groups excluding tert-OH is 1. The summed E-state index contributed by atoms with van der Waals surface area (Å²) in [6.07, 6.45) is -0.890. The molecule has 0 spiro atoms. The van der Waals surface area contributed by atoms with Gasteiger partial charge >= 0.3 is 0 Å². The first-order chi connectivity index (χ1) is 10.9. The largest absolute Gasteiger partial charge is 0.494 e. The normalized spacial score (nSPS) is 13.3. The average molecular weight is 338 g/mol. The predicted octanol–water partition coefficient (Wildman–Crippen LogP) is 3.34. The Balaban J connectivity index is 2.08. The Kier molecular flexibility index (Phi) is 5.58. The highest BCUT2D eigenvalue weighted by Gasteiger charge is 2.20. The summed E-state index contributed by atoms with van der Waals surface area (Å²) in [6, 6.07) is 10.0. The third-order valence-electron chi connectivity index (χ3n) is 3.46.